The quantitative estimate of drug-likeness (QED) is 0.182. The van der Waals surface area contributed by atoms with Gasteiger partial charge in [-0.25, -0.2) is 0 Å². The van der Waals surface area contributed by atoms with Crippen LogP contribution in [0.4, 0.5) is 11.4 Å². The van der Waals surface area contributed by atoms with Crippen LogP contribution in [-0.4, -0.2) is 0 Å². The van der Waals surface area contributed by atoms with Gasteiger partial charge in [0.05, 0.1) is 5.41 Å². The molecule has 1 N–H and O–H groups in total. The van der Waals surface area contributed by atoms with Gasteiger partial charge in [0.25, 0.3) is 0 Å². The molecule has 1 heterocycles. The molecule has 0 unspecified atom stereocenters. The summed E-state index contributed by atoms with van der Waals surface area (Å²) >= 11 is 0. The minimum atomic E-state index is -0.481. The third kappa shape index (κ3) is 4.82. The van der Waals surface area contributed by atoms with Crippen molar-refractivity contribution in [2.24, 2.45) is 0 Å². The van der Waals surface area contributed by atoms with Gasteiger partial charge in [-0.2, -0.15) is 0 Å². The highest BCUT2D eigenvalue weighted by atomic mass is 16.3. The molecule has 284 valence electrons. The lowest BCUT2D eigenvalue weighted by Gasteiger charge is -2.34. The van der Waals surface area contributed by atoms with Gasteiger partial charge in [-0.1, -0.05) is 190 Å². The standard InChI is InChI=1S/C58H41NO/c1-57(2)47-27-13-10-24-44(47)56-49(57)35-34-43(55(56)46-26-17-31-53-54(46)45-25-12-16-30-52(45)60-53)42-23-11-15-29-51(42)59-39-32-33-41-40-22-9-14-28-48(40)58(50(41)36-39,37-18-5-3-6-19-37)38-20-7-4-8-21-38/h3-36,59H,1-2H3. The molecule has 9 aromatic carbocycles. The first-order chi connectivity index (χ1) is 29.5. The van der Waals surface area contributed by atoms with E-state index in [0.717, 1.165) is 38.9 Å². The molecule has 0 saturated carbocycles. The van der Waals surface area contributed by atoms with Crippen molar-refractivity contribution in [1.82, 2.24) is 0 Å². The number of benzene rings is 9. The largest absolute Gasteiger partial charge is 0.456 e. The molecule has 1 aromatic heterocycles. The van der Waals surface area contributed by atoms with Crippen LogP contribution in [0.25, 0.3) is 66.4 Å². The van der Waals surface area contributed by atoms with Crippen LogP contribution in [0.2, 0.25) is 0 Å². The van der Waals surface area contributed by atoms with E-state index in [-0.39, 0.29) is 5.41 Å². The molecule has 2 heteroatoms. The van der Waals surface area contributed by atoms with Crippen molar-refractivity contribution in [1.29, 1.82) is 0 Å². The molecule has 12 rings (SSSR count). The molecular formula is C58H41NO. The van der Waals surface area contributed by atoms with Gasteiger partial charge in [-0.3, -0.25) is 0 Å². The van der Waals surface area contributed by atoms with Crippen LogP contribution in [0.5, 0.6) is 0 Å². The number of para-hydroxylation sites is 2. The summed E-state index contributed by atoms with van der Waals surface area (Å²) in [6.45, 7) is 4.73. The molecule has 0 spiro atoms. The summed E-state index contributed by atoms with van der Waals surface area (Å²) in [5.41, 5.74) is 20.9. The average molecular weight is 768 g/mol. The van der Waals surface area contributed by atoms with Gasteiger partial charge >= 0.3 is 0 Å². The summed E-state index contributed by atoms with van der Waals surface area (Å²) in [5.74, 6) is 0. The van der Waals surface area contributed by atoms with Crippen LogP contribution in [0, 0.1) is 0 Å². The molecule has 2 aliphatic carbocycles. The Kier molecular flexibility index (Phi) is 7.52. The average Bonchev–Trinajstić information content (AvgIpc) is 3.91. The van der Waals surface area contributed by atoms with Crippen LogP contribution in [0.3, 0.4) is 0 Å². The third-order valence-corrected chi connectivity index (χ3v) is 13.4. The Hall–Kier alpha value is -7.42. The topological polar surface area (TPSA) is 25.2 Å². The van der Waals surface area contributed by atoms with Crippen LogP contribution in [-0.2, 0) is 10.8 Å². The van der Waals surface area contributed by atoms with Crippen LogP contribution in [0.1, 0.15) is 47.2 Å². The van der Waals surface area contributed by atoms with E-state index in [1.54, 1.807) is 0 Å². The zero-order valence-corrected chi connectivity index (χ0v) is 33.5. The van der Waals surface area contributed by atoms with Gasteiger partial charge in [-0.15, -0.1) is 0 Å². The maximum atomic E-state index is 6.52. The summed E-state index contributed by atoms with van der Waals surface area (Å²) in [6, 6.07) is 75.4. The molecule has 0 fully saturated rings. The molecule has 2 aliphatic rings. The van der Waals surface area contributed by atoms with Crippen molar-refractivity contribution < 1.29 is 4.42 Å². The first-order valence-electron chi connectivity index (χ1n) is 20.9. The number of hydrogen-bond donors (Lipinski definition) is 1. The maximum absolute atomic E-state index is 6.52. The second kappa shape index (κ2) is 13.0. The fraction of sp³-hybridized carbons (Fsp3) is 0.0690. The van der Waals surface area contributed by atoms with Crippen molar-refractivity contribution in [3.63, 3.8) is 0 Å². The number of rotatable bonds is 6. The Balaban J connectivity index is 1.08. The predicted octanol–water partition coefficient (Wildman–Crippen LogP) is 15.3. The molecule has 0 radical (unpaired) electrons. The van der Waals surface area contributed by atoms with E-state index in [9.17, 15) is 0 Å². The molecule has 60 heavy (non-hydrogen) atoms. The van der Waals surface area contributed by atoms with Gasteiger partial charge in [0.1, 0.15) is 11.2 Å². The second-order valence-corrected chi connectivity index (χ2v) is 16.8. The van der Waals surface area contributed by atoms with E-state index in [4.69, 9.17) is 4.42 Å². The third-order valence-electron chi connectivity index (χ3n) is 13.4. The molecular weight excluding hydrogens is 727 g/mol. The van der Waals surface area contributed by atoms with Crippen molar-refractivity contribution in [3.05, 3.63) is 240 Å². The Morgan fingerprint density at radius 2 is 0.967 bits per heavy atom. The van der Waals surface area contributed by atoms with Crippen LogP contribution >= 0.6 is 0 Å². The van der Waals surface area contributed by atoms with E-state index in [1.165, 1.54) is 72.3 Å². The summed E-state index contributed by atoms with van der Waals surface area (Å²) < 4.78 is 6.52. The predicted molar refractivity (Wildman–Crippen MR) is 249 cm³/mol. The Labute approximate surface area is 350 Å². The summed E-state index contributed by atoms with van der Waals surface area (Å²) in [5, 5.41) is 6.27. The number of hydrogen-bond acceptors (Lipinski definition) is 2. The lowest BCUT2D eigenvalue weighted by atomic mass is 9.67. The maximum Gasteiger partial charge on any atom is 0.136 e. The van der Waals surface area contributed by atoms with Gasteiger partial charge in [0, 0.05) is 33.1 Å². The minimum Gasteiger partial charge on any atom is -0.456 e. The molecule has 0 aliphatic heterocycles. The van der Waals surface area contributed by atoms with Gasteiger partial charge < -0.3 is 9.73 Å². The first-order valence-corrected chi connectivity index (χ1v) is 20.9. The molecule has 0 atom stereocenters. The Morgan fingerprint density at radius 1 is 0.383 bits per heavy atom. The van der Waals surface area contributed by atoms with Gasteiger partial charge in [0.2, 0.25) is 0 Å². The number of fused-ring (bicyclic) bond motifs is 9. The molecule has 10 aromatic rings. The van der Waals surface area contributed by atoms with E-state index < -0.39 is 5.41 Å². The fourth-order valence-corrected chi connectivity index (χ4v) is 10.8. The van der Waals surface area contributed by atoms with Crippen molar-refractivity contribution >= 4 is 33.3 Å². The lowest BCUT2D eigenvalue weighted by molar-refractivity contribution is 0.660. The smallest absolute Gasteiger partial charge is 0.136 e. The van der Waals surface area contributed by atoms with Crippen molar-refractivity contribution in [2.45, 2.75) is 24.7 Å². The number of anilines is 2. The normalized spacial score (nSPS) is 14.1. The monoisotopic (exact) mass is 767 g/mol. The Morgan fingerprint density at radius 3 is 1.75 bits per heavy atom. The van der Waals surface area contributed by atoms with Crippen molar-refractivity contribution in [2.75, 3.05) is 5.32 Å². The van der Waals surface area contributed by atoms with E-state index >= 15 is 0 Å². The molecule has 2 nitrogen and oxygen atoms in total. The minimum absolute atomic E-state index is 0.157. The summed E-state index contributed by atoms with van der Waals surface area (Å²) in [7, 11) is 0. The molecule has 0 saturated heterocycles. The highest BCUT2D eigenvalue weighted by Gasteiger charge is 2.46. The number of furan rings is 1. The van der Waals surface area contributed by atoms with Crippen LogP contribution < -0.4 is 5.32 Å². The van der Waals surface area contributed by atoms with E-state index in [2.05, 4.69) is 225 Å². The fourth-order valence-electron chi connectivity index (χ4n) is 10.8. The van der Waals surface area contributed by atoms with Crippen molar-refractivity contribution in [3.8, 4) is 44.5 Å². The first kappa shape index (κ1) is 34.6. The van der Waals surface area contributed by atoms with Gasteiger partial charge in [0.15, 0.2) is 0 Å². The zero-order chi connectivity index (χ0) is 40.0. The summed E-state index contributed by atoms with van der Waals surface area (Å²) in [6.07, 6.45) is 0. The van der Waals surface area contributed by atoms with Crippen LogP contribution in [0.15, 0.2) is 211 Å². The number of nitrogens with one attached hydrogen (secondary N) is 1. The SMILES string of the molecule is CC1(C)c2ccccc2-c2c1ccc(-c1ccccc1Nc1ccc3c(c1)C(c1ccccc1)(c1ccccc1)c1ccccc1-3)c2-c1cccc2oc3ccccc3c12. The highest BCUT2D eigenvalue weighted by Crippen LogP contribution is 2.58. The van der Waals surface area contributed by atoms with Gasteiger partial charge in [-0.05, 0) is 103 Å². The van der Waals surface area contributed by atoms with E-state index in [0.29, 0.717) is 0 Å². The molecule has 0 bridgehead atoms. The highest BCUT2D eigenvalue weighted by molar-refractivity contribution is 6.16. The zero-order valence-electron chi connectivity index (χ0n) is 33.5. The second-order valence-electron chi connectivity index (χ2n) is 16.8. The molecule has 0 amide bonds. The lowest BCUT2D eigenvalue weighted by Crippen LogP contribution is -2.28. The summed E-state index contributed by atoms with van der Waals surface area (Å²) in [4.78, 5) is 0. The Bertz CT molecular complexity index is 3280. The van der Waals surface area contributed by atoms with E-state index in [1.807, 2.05) is 0 Å².